The maximum Gasteiger partial charge on any atom is 0.0281 e. The predicted molar refractivity (Wildman–Crippen MR) is 35.7 cm³/mol. The molecule has 0 bridgehead atoms. The van der Waals surface area contributed by atoms with Gasteiger partial charge < -0.3 is 4.90 Å². The summed E-state index contributed by atoms with van der Waals surface area (Å²) in [6, 6.07) is 0. The zero-order chi connectivity index (χ0) is 6.41. The molecule has 0 aliphatic heterocycles. The van der Waals surface area contributed by atoms with Gasteiger partial charge in [-0.2, -0.15) is 0 Å². The summed E-state index contributed by atoms with van der Waals surface area (Å²) < 4.78 is 0. The highest BCUT2D eigenvalue weighted by Gasteiger charge is 1.78. The van der Waals surface area contributed by atoms with Crippen molar-refractivity contribution < 1.29 is 0 Å². The van der Waals surface area contributed by atoms with Gasteiger partial charge in [0.1, 0.15) is 0 Å². The van der Waals surface area contributed by atoms with Crippen molar-refractivity contribution in [1.82, 2.24) is 10.6 Å². The van der Waals surface area contributed by atoms with E-state index in [1.807, 2.05) is 26.2 Å². The Kier molecular flexibility index (Phi) is 4.61. The van der Waals surface area contributed by atoms with Gasteiger partial charge in [0.05, 0.1) is 0 Å². The Morgan fingerprint density at radius 1 is 1.38 bits per heavy atom. The number of hydrogen-bond acceptors (Lipinski definition) is 1. The fraction of sp³-hybridized carbons (Fsp3) is 0.667. The second-order valence-corrected chi connectivity index (χ2v) is 1.94. The molecule has 0 aliphatic rings. The van der Waals surface area contributed by atoms with Gasteiger partial charge in [0.2, 0.25) is 0 Å². The highest BCUT2D eigenvalue weighted by atomic mass is 15.0. The minimum Gasteiger partial charge on any atom is -0.306 e. The Bertz CT molecular complexity index is 66.9. The normalized spacial score (nSPS) is 11.5. The minimum atomic E-state index is 0.397. The third-order valence-corrected chi connectivity index (χ3v) is 0.755. The zero-order valence-electron chi connectivity index (χ0n) is 5.52. The molecule has 0 unspecified atom stereocenters. The van der Waals surface area contributed by atoms with Crippen LogP contribution in [-0.2, 0) is 0 Å². The highest BCUT2D eigenvalue weighted by molar-refractivity contribution is 4.83. The summed E-state index contributed by atoms with van der Waals surface area (Å²) in [6.07, 6.45) is 3.84. The summed E-state index contributed by atoms with van der Waals surface area (Å²) >= 11 is 0. The van der Waals surface area contributed by atoms with Crippen LogP contribution in [0.25, 0.3) is 0 Å². The van der Waals surface area contributed by atoms with Crippen molar-refractivity contribution >= 4 is 0 Å². The number of likely N-dealkylation sites (N-methyl/N-ethyl adjacent to an activating group) is 1. The van der Waals surface area contributed by atoms with E-state index in [1.165, 1.54) is 0 Å². The molecule has 0 atom stereocenters. The van der Waals surface area contributed by atoms with E-state index in [0.29, 0.717) is 6.54 Å². The number of nitrogens with one attached hydrogen (secondary N) is 1. The van der Waals surface area contributed by atoms with Gasteiger partial charge in [0.15, 0.2) is 0 Å². The van der Waals surface area contributed by atoms with E-state index in [2.05, 4.69) is 4.90 Å². The van der Waals surface area contributed by atoms with Crippen LogP contribution in [0.3, 0.4) is 0 Å². The van der Waals surface area contributed by atoms with Crippen LogP contribution in [-0.4, -0.2) is 32.1 Å². The summed E-state index contributed by atoms with van der Waals surface area (Å²) in [5.74, 6) is 0. The first-order chi connectivity index (χ1) is 3.77. The largest absolute Gasteiger partial charge is 0.306 e. The molecule has 0 heterocycles. The van der Waals surface area contributed by atoms with Gasteiger partial charge in [-0.15, -0.1) is 0 Å². The number of rotatable bonds is 3. The van der Waals surface area contributed by atoms with Gasteiger partial charge in [0.25, 0.3) is 0 Å². The van der Waals surface area contributed by atoms with E-state index in [1.54, 1.807) is 0 Å². The van der Waals surface area contributed by atoms with Gasteiger partial charge >= 0.3 is 0 Å². The standard InChI is InChI=1S/C6H13N2/c1-8(2)6-4-3-5-7/h3-4,7H,5-6H2,1-2H3/b4-3+. The second-order valence-electron chi connectivity index (χ2n) is 1.94. The van der Waals surface area contributed by atoms with Crippen molar-refractivity contribution in [2.75, 3.05) is 27.2 Å². The summed E-state index contributed by atoms with van der Waals surface area (Å²) in [5, 5.41) is 0. The molecule has 0 fully saturated rings. The van der Waals surface area contributed by atoms with Crippen LogP contribution in [0.1, 0.15) is 0 Å². The van der Waals surface area contributed by atoms with E-state index >= 15 is 0 Å². The van der Waals surface area contributed by atoms with Crippen LogP contribution in [0.5, 0.6) is 0 Å². The Balaban J connectivity index is 3.03. The summed E-state index contributed by atoms with van der Waals surface area (Å²) in [5.41, 5.74) is 6.74. The van der Waals surface area contributed by atoms with Crippen LogP contribution in [0.4, 0.5) is 0 Å². The molecule has 1 radical (unpaired) electrons. The lowest BCUT2D eigenvalue weighted by atomic mass is 10.5. The van der Waals surface area contributed by atoms with E-state index in [4.69, 9.17) is 5.73 Å². The van der Waals surface area contributed by atoms with E-state index < -0.39 is 0 Å². The molecule has 8 heavy (non-hydrogen) atoms. The van der Waals surface area contributed by atoms with E-state index in [-0.39, 0.29) is 0 Å². The average molecular weight is 113 g/mol. The molecular formula is C6H13N2. The lowest BCUT2D eigenvalue weighted by molar-refractivity contribution is 0.456. The van der Waals surface area contributed by atoms with Crippen LogP contribution in [0.2, 0.25) is 0 Å². The summed E-state index contributed by atoms with van der Waals surface area (Å²) in [7, 11) is 4.02. The van der Waals surface area contributed by atoms with Crippen molar-refractivity contribution in [3.63, 3.8) is 0 Å². The lowest BCUT2D eigenvalue weighted by Gasteiger charge is -2.02. The number of hydrogen-bond donors (Lipinski definition) is 0. The first-order valence-electron chi connectivity index (χ1n) is 2.71. The van der Waals surface area contributed by atoms with Gasteiger partial charge in [0, 0.05) is 13.1 Å². The molecule has 47 valence electrons. The van der Waals surface area contributed by atoms with Crippen LogP contribution in [0, 0.1) is 0 Å². The molecule has 0 saturated carbocycles. The SMILES string of the molecule is CN(C)C/C=C/C[NH]. The predicted octanol–water partition coefficient (Wildman–Crippen LogP) is 0.387. The van der Waals surface area contributed by atoms with Crippen LogP contribution >= 0.6 is 0 Å². The average Bonchev–Trinajstić information content (AvgIpc) is 1.66. The Labute approximate surface area is 51.0 Å². The molecular weight excluding hydrogens is 100 g/mol. The van der Waals surface area contributed by atoms with Gasteiger partial charge in [-0.25, -0.2) is 0 Å². The summed E-state index contributed by atoms with van der Waals surface area (Å²) in [4.78, 5) is 2.06. The monoisotopic (exact) mass is 113 g/mol. The van der Waals surface area contributed by atoms with Crippen LogP contribution in [0.15, 0.2) is 12.2 Å². The van der Waals surface area contributed by atoms with Gasteiger partial charge in [-0.3, -0.25) is 5.73 Å². The molecule has 2 nitrogen and oxygen atoms in total. The minimum absolute atomic E-state index is 0.397. The highest BCUT2D eigenvalue weighted by Crippen LogP contribution is 1.74. The smallest absolute Gasteiger partial charge is 0.0281 e. The molecule has 0 aliphatic carbocycles. The van der Waals surface area contributed by atoms with Gasteiger partial charge in [-0.1, -0.05) is 12.2 Å². The quantitative estimate of drug-likeness (QED) is 0.486. The first kappa shape index (κ1) is 7.66. The third kappa shape index (κ3) is 5.66. The Hall–Kier alpha value is -0.340. The molecule has 0 spiro atoms. The van der Waals surface area contributed by atoms with E-state index in [0.717, 1.165) is 6.54 Å². The molecule has 2 heteroatoms. The summed E-state index contributed by atoms with van der Waals surface area (Å²) in [6.45, 7) is 1.34. The molecule has 0 aromatic carbocycles. The van der Waals surface area contributed by atoms with Crippen molar-refractivity contribution in [3.05, 3.63) is 12.2 Å². The maximum atomic E-state index is 6.74. The molecule has 1 N–H and O–H groups in total. The lowest BCUT2D eigenvalue weighted by Crippen LogP contribution is -2.10. The van der Waals surface area contributed by atoms with Crippen molar-refractivity contribution in [3.8, 4) is 0 Å². The zero-order valence-corrected chi connectivity index (χ0v) is 5.52. The molecule has 0 aromatic rings. The third-order valence-electron chi connectivity index (χ3n) is 0.755. The van der Waals surface area contributed by atoms with Crippen molar-refractivity contribution in [2.45, 2.75) is 0 Å². The van der Waals surface area contributed by atoms with E-state index in [9.17, 15) is 0 Å². The fourth-order valence-electron chi connectivity index (χ4n) is 0.369. The molecule has 0 rings (SSSR count). The first-order valence-corrected chi connectivity index (χ1v) is 2.71. The fourth-order valence-corrected chi connectivity index (χ4v) is 0.369. The topological polar surface area (TPSA) is 27.0 Å². The molecule has 0 amide bonds. The van der Waals surface area contributed by atoms with Crippen molar-refractivity contribution in [2.24, 2.45) is 0 Å². The molecule has 0 aromatic heterocycles. The van der Waals surface area contributed by atoms with Gasteiger partial charge in [-0.05, 0) is 14.1 Å². The second kappa shape index (κ2) is 4.81. The Morgan fingerprint density at radius 3 is 2.38 bits per heavy atom. The Morgan fingerprint density at radius 2 is 2.00 bits per heavy atom. The maximum absolute atomic E-state index is 6.74. The number of nitrogens with zero attached hydrogens (tertiary/aromatic N) is 1. The van der Waals surface area contributed by atoms with Crippen molar-refractivity contribution in [1.29, 1.82) is 0 Å². The molecule has 0 saturated heterocycles. The van der Waals surface area contributed by atoms with Crippen LogP contribution < -0.4 is 5.73 Å².